The molecule has 51 heavy (non-hydrogen) atoms. The molecule has 0 saturated carbocycles. The summed E-state index contributed by atoms with van der Waals surface area (Å²) in [6, 6.07) is 0. The molecule has 0 amide bonds. The van der Waals surface area contributed by atoms with Gasteiger partial charge in [0.05, 0.1) is 11.9 Å². The van der Waals surface area contributed by atoms with Crippen LogP contribution in [-0.2, 0) is 9.59 Å². The second kappa shape index (κ2) is 47.1. The molecule has 0 atom stereocenters. The summed E-state index contributed by atoms with van der Waals surface area (Å²) in [5, 5.41) is 21.8. The third kappa shape index (κ3) is 49.1. The minimum absolute atomic E-state index is 0. The van der Waals surface area contributed by atoms with E-state index in [0.29, 0.717) is 0 Å². The van der Waals surface area contributed by atoms with Crippen molar-refractivity contribution < 1.29 is 19.8 Å². The van der Waals surface area contributed by atoms with E-state index in [1.165, 1.54) is 103 Å². The van der Waals surface area contributed by atoms with Gasteiger partial charge in [0.25, 0.3) is 0 Å². The summed E-state index contributed by atoms with van der Waals surface area (Å²) >= 11 is 0. The van der Waals surface area contributed by atoms with Gasteiger partial charge in [-0.2, -0.15) is 0 Å². The topological polar surface area (TPSA) is 86.7 Å². The van der Waals surface area contributed by atoms with Crippen molar-refractivity contribution in [1.82, 2.24) is 9.80 Å². The standard InChI is InChI=1S/2C22H41NO2.Ca/c2*1-3-5-7-9-11-13-15-17-19-23(21-22(24)25)20-18-16-14-12-10-8-6-4-2;/h2*13-16H,3-12,17-21H2,1-2H3,(H,24,25);/q;;+2/p-2/b2*15-13+,16-14+;. The number of carbonyl (C=O) groups is 2. The van der Waals surface area contributed by atoms with Crippen LogP contribution < -0.4 is 10.2 Å². The van der Waals surface area contributed by atoms with Gasteiger partial charge in [-0.15, -0.1) is 0 Å². The van der Waals surface area contributed by atoms with Crippen molar-refractivity contribution in [2.24, 2.45) is 0 Å². The molecule has 0 aromatic rings. The Labute approximate surface area is 346 Å². The van der Waals surface area contributed by atoms with Crippen molar-refractivity contribution in [1.29, 1.82) is 0 Å². The summed E-state index contributed by atoms with van der Waals surface area (Å²) in [6.45, 7) is 12.2. The minimum Gasteiger partial charge on any atom is -0.549 e. The first-order chi connectivity index (χ1) is 24.4. The number of carboxylic acid groups (broad SMARTS) is 2. The average molecular weight is 741 g/mol. The Morgan fingerprint density at radius 1 is 0.373 bits per heavy atom. The molecule has 292 valence electrons. The summed E-state index contributed by atoms with van der Waals surface area (Å²) in [5.41, 5.74) is 0. The van der Waals surface area contributed by atoms with Crippen molar-refractivity contribution in [2.75, 3.05) is 39.3 Å². The normalized spacial score (nSPS) is 11.7. The van der Waals surface area contributed by atoms with Gasteiger partial charge in [-0.05, 0) is 77.0 Å². The smallest absolute Gasteiger partial charge is 0.549 e. The molecule has 0 fully saturated rings. The van der Waals surface area contributed by atoms with Gasteiger partial charge in [0.15, 0.2) is 0 Å². The third-order valence-corrected chi connectivity index (χ3v) is 8.72. The van der Waals surface area contributed by atoms with Crippen LogP contribution in [0.2, 0.25) is 0 Å². The number of carboxylic acids is 2. The van der Waals surface area contributed by atoms with Gasteiger partial charge >= 0.3 is 37.7 Å². The van der Waals surface area contributed by atoms with Crippen LogP contribution in [0.3, 0.4) is 0 Å². The molecule has 0 aliphatic rings. The van der Waals surface area contributed by atoms with Crippen molar-refractivity contribution >= 4 is 49.7 Å². The van der Waals surface area contributed by atoms with Crippen molar-refractivity contribution in [3.63, 3.8) is 0 Å². The van der Waals surface area contributed by atoms with E-state index in [2.05, 4.69) is 76.3 Å². The van der Waals surface area contributed by atoms with E-state index in [0.717, 1.165) is 77.5 Å². The van der Waals surface area contributed by atoms with Gasteiger partial charge in [0, 0.05) is 39.3 Å². The summed E-state index contributed by atoms with van der Waals surface area (Å²) in [5.74, 6) is -1.96. The Hall–Kier alpha value is -0.920. The van der Waals surface area contributed by atoms with Gasteiger partial charge in [0.1, 0.15) is 0 Å². The fourth-order valence-corrected chi connectivity index (χ4v) is 5.63. The molecule has 0 aliphatic carbocycles. The first-order valence-corrected chi connectivity index (χ1v) is 20.8. The van der Waals surface area contributed by atoms with Crippen LogP contribution in [0.15, 0.2) is 48.6 Å². The number of rotatable bonds is 36. The van der Waals surface area contributed by atoms with Crippen LogP contribution in [0.25, 0.3) is 0 Å². The number of nitrogens with zero attached hydrogens (tertiary/aromatic N) is 2. The van der Waals surface area contributed by atoms with Crippen LogP contribution in [0.5, 0.6) is 0 Å². The molecule has 0 rings (SSSR count). The van der Waals surface area contributed by atoms with Gasteiger partial charge in [-0.25, -0.2) is 0 Å². The molecule has 0 aromatic heterocycles. The maximum absolute atomic E-state index is 10.9. The quantitative estimate of drug-likeness (QED) is 0.0362. The number of hydrogen-bond acceptors (Lipinski definition) is 6. The van der Waals surface area contributed by atoms with E-state index in [-0.39, 0.29) is 50.8 Å². The van der Waals surface area contributed by atoms with E-state index < -0.39 is 11.9 Å². The zero-order chi connectivity index (χ0) is 37.2. The van der Waals surface area contributed by atoms with Gasteiger partial charge in [-0.1, -0.05) is 153 Å². The summed E-state index contributed by atoms with van der Waals surface area (Å²) in [6.07, 6.45) is 46.6. The monoisotopic (exact) mass is 741 g/mol. The minimum atomic E-state index is -0.980. The second-order valence-electron chi connectivity index (χ2n) is 13.7. The number of allylic oxidation sites excluding steroid dienone is 4. The Morgan fingerprint density at radius 3 is 0.784 bits per heavy atom. The SMILES string of the molecule is CCCCCC/C=C/CCN(CC/C=C/CCCCCC)CC(=O)[O-].CCCCCC/C=C/CCN(CC/C=C/CCCCCC)CC(=O)[O-].[Ca+2]. The molecule has 0 aliphatic heterocycles. The number of aliphatic carboxylic acids is 2. The maximum Gasteiger partial charge on any atom is 2.00 e. The maximum atomic E-state index is 10.9. The van der Waals surface area contributed by atoms with Gasteiger partial charge in [-0.3, -0.25) is 9.80 Å². The van der Waals surface area contributed by atoms with Crippen molar-refractivity contribution in [3.05, 3.63) is 48.6 Å². The average Bonchev–Trinajstić information content (AvgIpc) is 3.09. The van der Waals surface area contributed by atoms with E-state index in [1.807, 2.05) is 9.80 Å². The Morgan fingerprint density at radius 2 is 0.588 bits per heavy atom. The first kappa shape index (κ1) is 54.4. The van der Waals surface area contributed by atoms with Crippen molar-refractivity contribution in [3.8, 4) is 0 Å². The Balaban J connectivity index is -0.000000886. The van der Waals surface area contributed by atoms with E-state index >= 15 is 0 Å². The fourth-order valence-electron chi connectivity index (χ4n) is 5.63. The summed E-state index contributed by atoms with van der Waals surface area (Å²) < 4.78 is 0. The van der Waals surface area contributed by atoms with E-state index in [9.17, 15) is 19.8 Å². The molecule has 0 aromatic carbocycles. The van der Waals surface area contributed by atoms with Gasteiger partial charge < -0.3 is 19.8 Å². The van der Waals surface area contributed by atoms with Crippen LogP contribution in [0.4, 0.5) is 0 Å². The largest absolute Gasteiger partial charge is 2.00 e. The predicted molar refractivity (Wildman–Crippen MR) is 219 cm³/mol. The third-order valence-electron chi connectivity index (χ3n) is 8.72. The van der Waals surface area contributed by atoms with Crippen LogP contribution in [0.1, 0.15) is 182 Å². The van der Waals surface area contributed by atoms with Crippen LogP contribution in [-0.4, -0.2) is 98.7 Å². The molecule has 0 spiro atoms. The first-order valence-electron chi connectivity index (χ1n) is 20.8. The molecule has 6 nitrogen and oxygen atoms in total. The zero-order valence-corrected chi connectivity index (χ0v) is 36.3. The molecule has 7 heteroatoms. The Kier molecular flexibility index (Phi) is 50.3. The summed E-state index contributed by atoms with van der Waals surface area (Å²) in [7, 11) is 0. The van der Waals surface area contributed by atoms with E-state index in [1.54, 1.807) is 0 Å². The number of unbranched alkanes of at least 4 members (excludes halogenated alkanes) is 16. The molecule has 0 radical (unpaired) electrons. The summed E-state index contributed by atoms with van der Waals surface area (Å²) in [4.78, 5) is 25.8. The molecule has 0 N–H and O–H groups in total. The molecular formula is C44H80CaN2O4. The second-order valence-corrected chi connectivity index (χ2v) is 13.7. The fraction of sp³-hybridized carbons (Fsp3) is 0.773. The van der Waals surface area contributed by atoms with Gasteiger partial charge in [0.2, 0.25) is 0 Å². The van der Waals surface area contributed by atoms with Crippen molar-refractivity contribution in [2.45, 2.75) is 182 Å². The van der Waals surface area contributed by atoms with Crippen LogP contribution in [0, 0.1) is 0 Å². The number of hydrogen-bond donors (Lipinski definition) is 0. The molecule has 0 unspecified atom stereocenters. The zero-order valence-electron chi connectivity index (χ0n) is 34.1. The molecule has 0 saturated heterocycles. The van der Waals surface area contributed by atoms with Crippen LogP contribution >= 0.6 is 0 Å². The van der Waals surface area contributed by atoms with E-state index in [4.69, 9.17) is 0 Å². The predicted octanol–water partition coefficient (Wildman–Crippen LogP) is 9.36. The Bertz CT molecular complexity index is 723. The molecule has 0 bridgehead atoms. The number of carbonyl (C=O) groups excluding carboxylic acids is 2. The molecule has 0 heterocycles. The molecular weight excluding hydrogens is 661 g/mol.